The number of halogens is 1. The average molecular weight is 410 g/mol. The van der Waals surface area contributed by atoms with Gasteiger partial charge in [-0.3, -0.25) is 4.72 Å². The first-order chi connectivity index (χ1) is 10.9. The molecule has 3 aromatic rings. The van der Waals surface area contributed by atoms with Crippen molar-refractivity contribution in [3.63, 3.8) is 0 Å². The van der Waals surface area contributed by atoms with E-state index in [1.54, 1.807) is 12.1 Å². The third kappa shape index (κ3) is 3.72. The summed E-state index contributed by atoms with van der Waals surface area (Å²) in [6.07, 6.45) is 0. The van der Waals surface area contributed by atoms with Crippen molar-refractivity contribution < 1.29 is 8.42 Å². The van der Waals surface area contributed by atoms with E-state index in [0.717, 1.165) is 15.7 Å². The van der Waals surface area contributed by atoms with Gasteiger partial charge in [0.25, 0.3) is 10.0 Å². The smallest absolute Gasteiger partial charge is 0.263 e. The van der Waals surface area contributed by atoms with Crippen LogP contribution < -0.4 is 10.5 Å². The molecule has 1 aromatic heterocycles. The zero-order valence-electron chi connectivity index (χ0n) is 11.7. The molecule has 0 aliphatic rings. The normalized spacial score (nSPS) is 11.3. The van der Waals surface area contributed by atoms with E-state index in [-0.39, 0.29) is 4.90 Å². The number of sulfonamides is 1. The fourth-order valence-electron chi connectivity index (χ4n) is 1.89. The standard InChI is InChI=1S/C15H12BrN3O2S2/c16-11-3-1-10(2-4-11)14-9-22-15(18-14)19-23(20,21)13-7-5-12(17)6-8-13/h1-9H,17H2,(H,18,19). The molecule has 23 heavy (non-hydrogen) atoms. The number of benzene rings is 2. The predicted molar refractivity (Wildman–Crippen MR) is 96.9 cm³/mol. The second-order valence-electron chi connectivity index (χ2n) is 4.72. The van der Waals surface area contributed by atoms with Crippen LogP contribution in [-0.4, -0.2) is 13.4 Å². The molecular weight excluding hydrogens is 398 g/mol. The Morgan fingerprint density at radius 1 is 1.04 bits per heavy atom. The summed E-state index contributed by atoms with van der Waals surface area (Å²) in [6.45, 7) is 0. The van der Waals surface area contributed by atoms with Crippen LogP contribution in [0.15, 0.2) is 63.3 Å². The van der Waals surface area contributed by atoms with Gasteiger partial charge in [-0.05, 0) is 36.4 Å². The lowest BCUT2D eigenvalue weighted by Crippen LogP contribution is -2.12. The highest BCUT2D eigenvalue weighted by Crippen LogP contribution is 2.27. The Labute approximate surface area is 146 Å². The van der Waals surface area contributed by atoms with Crippen molar-refractivity contribution in [3.8, 4) is 11.3 Å². The first-order valence-corrected chi connectivity index (χ1v) is 9.69. The molecule has 0 unspecified atom stereocenters. The molecule has 0 fully saturated rings. The van der Waals surface area contributed by atoms with Crippen molar-refractivity contribution in [2.45, 2.75) is 4.90 Å². The molecule has 0 bridgehead atoms. The van der Waals surface area contributed by atoms with Crippen LogP contribution in [0, 0.1) is 0 Å². The molecule has 8 heteroatoms. The van der Waals surface area contributed by atoms with Crippen molar-refractivity contribution in [2.24, 2.45) is 0 Å². The third-order valence-corrected chi connectivity index (χ3v) is 5.83. The topological polar surface area (TPSA) is 85.1 Å². The molecule has 0 radical (unpaired) electrons. The summed E-state index contributed by atoms with van der Waals surface area (Å²) in [6, 6.07) is 13.7. The number of anilines is 2. The summed E-state index contributed by atoms with van der Waals surface area (Å²) in [4.78, 5) is 4.47. The minimum atomic E-state index is -3.67. The maximum absolute atomic E-state index is 12.3. The van der Waals surface area contributed by atoms with Crippen molar-refractivity contribution in [1.29, 1.82) is 0 Å². The number of nitrogens with zero attached hydrogens (tertiary/aromatic N) is 1. The van der Waals surface area contributed by atoms with Gasteiger partial charge in [-0.1, -0.05) is 28.1 Å². The van der Waals surface area contributed by atoms with E-state index in [1.165, 1.54) is 23.5 Å². The molecule has 3 rings (SSSR count). The van der Waals surface area contributed by atoms with Crippen LogP contribution in [0.4, 0.5) is 10.8 Å². The Morgan fingerprint density at radius 3 is 2.35 bits per heavy atom. The van der Waals surface area contributed by atoms with E-state index in [9.17, 15) is 8.42 Å². The second-order valence-corrected chi connectivity index (χ2v) is 8.18. The largest absolute Gasteiger partial charge is 0.399 e. The molecule has 118 valence electrons. The zero-order chi connectivity index (χ0) is 16.4. The van der Waals surface area contributed by atoms with Crippen LogP contribution >= 0.6 is 27.3 Å². The quantitative estimate of drug-likeness (QED) is 0.638. The molecule has 1 heterocycles. The van der Waals surface area contributed by atoms with Gasteiger partial charge < -0.3 is 5.73 Å². The van der Waals surface area contributed by atoms with Gasteiger partial charge in [0.2, 0.25) is 0 Å². The predicted octanol–water partition coefficient (Wildman–Crippen LogP) is 3.96. The lowest BCUT2D eigenvalue weighted by atomic mass is 10.2. The molecule has 3 N–H and O–H groups in total. The molecule has 0 aliphatic heterocycles. The van der Waals surface area contributed by atoms with Crippen molar-refractivity contribution >= 4 is 48.1 Å². The van der Waals surface area contributed by atoms with Gasteiger partial charge in [-0.25, -0.2) is 13.4 Å². The van der Waals surface area contributed by atoms with E-state index in [4.69, 9.17) is 5.73 Å². The average Bonchev–Trinajstić information content (AvgIpc) is 2.96. The lowest BCUT2D eigenvalue weighted by Gasteiger charge is -2.05. The Kier molecular flexibility index (Phi) is 4.38. The van der Waals surface area contributed by atoms with Crippen LogP contribution in [0.25, 0.3) is 11.3 Å². The van der Waals surface area contributed by atoms with Gasteiger partial charge in [0.15, 0.2) is 5.13 Å². The van der Waals surface area contributed by atoms with E-state index >= 15 is 0 Å². The SMILES string of the molecule is Nc1ccc(S(=O)(=O)Nc2nc(-c3ccc(Br)cc3)cs2)cc1. The fourth-order valence-corrected chi connectivity index (χ4v) is 4.13. The number of aromatic nitrogens is 1. The van der Waals surface area contributed by atoms with Gasteiger partial charge in [-0.15, -0.1) is 11.3 Å². The highest BCUT2D eigenvalue weighted by Gasteiger charge is 2.16. The molecule has 2 aromatic carbocycles. The number of nitrogen functional groups attached to an aromatic ring is 1. The Hall–Kier alpha value is -1.90. The number of rotatable bonds is 4. The number of nitrogens with one attached hydrogen (secondary N) is 1. The lowest BCUT2D eigenvalue weighted by molar-refractivity contribution is 0.601. The molecular formula is C15H12BrN3O2S2. The monoisotopic (exact) mass is 409 g/mol. The molecule has 5 nitrogen and oxygen atoms in total. The summed E-state index contributed by atoms with van der Waals surface area (Å²) < 4.78 is 28.1. The molecule has 0 saturated carbocycles. The summed E-state index contributed by atoms with van der Waals surface area (Å²) in [5, 5.41) is 2.13. The maximum Gasteiger partial charge on any atom is 0.263 e. The molecule has 0 saturated heterocycles. The van der Waals surface area contributed by atoms with E-state index in [1.807, 2.05) is 29.6 Å². The van der Waals surface area contributed by atoms with E-state index in [0.29, 0.717) is 10.8 Å². The third-order valence-electron chi connectivity index (χ3n) is 3.06. The number of hydrogen-bond acceptors (Lipinski definition) is 5. The second kappa shape index (κ2) is 6.31. The fraction of sp³-hybridized carbons (Fsp3) is 0. The Bertz CT molecular complexity index is 920. The van der Waals surface area contributed by atoms with Crippen molar-refractivity contribution in [1.82, 2.24) is 4.98 Å². The number of hydrogen-bond donors (Lipinski definition) is 2. The van der Waals surface area contributed by atoms with Gasteiger partial charge in [0, 0.05) is 21.1 Å². The van der Waals surface area contributed by atoms with Gasteiger partial charge in [0.05, 0.1) is 10.6 Å². The first-order valence-electron chi connectivity index (χ1n) is 6.54. The van der Waals surface area contributed by atoms with Gasteiger partial charge >= 0.3 is 0 Å². The van der Waals surface area contributed by atoms with E-state index in [2.05, 4.69) is 25.6 Å². The molecule has 0 spiro atoms. The summed E-state index contributed by atoms with van der Waals surface area (Å²) in [7, 11) is -3.67. The van der Waals surface area contributed by atoms with Crippen molar-refractivity contribution in [2.75, 3.05) is 10.5 Å². The summed E-state index contributed by atoms with van der Waals surface area (Å²) in [5.41, 5.74) is 7.72. The van der Waals surface area contributed by atoms with Crippen LogP contribution in [0.3, 0.4) is 0 Å². The highest BCUT2D eigenvalue weighted by atomic mass is 79.9. The summed E-state index contributed by atoms with van der Waals surface area (Å²) >= 11 is 4.61. The van der Waals surface area contributed by atoms with E-state index < -0.39 is 10.0 Å². The highest BCUT2D eigenvalue weighted by molar-refractivity contribution is 9.10. The summed E-state index contributed by atoms with van der Waals surface area (Å²) in [5.74, 6) is 0. The van der Waals surface area contributed by atoms with Gasteiger partial charge in [-0.2, -0.15) is 0 Å². The van der Waals surface area contributed by atoms with Crippen LogP contribution in [0.5, 0.6) is 0 Å². The van der Waals surface area contributed by atoms with Crippen LogP contribution in [0.2, 0.25) is 0 Å². The molecule has 0 atom stereocenters. The van der Waals surface area contributed by atoms with Crippen LogP contribution in [0.1, 0.15) is 0 Å². The molecule has 0 amide bonds. The molecule has 0 aliphatic carbocycles. The zero-order valence-corrected chi connectivity index (χ0v) is 15.0. The number of thiazole rings is 1. The number of nitrogens with two attached hydrogens (primary N) is 1. The first kappa shape index (κ1) is 16.0. The minimum absolute atomic E-state index is 0.145. The Balaban J connectivity index is 1.83. The van der Waals surface area contributed by atoms with Crippen molar-refractivity contribution in [3.05, 3.63) is 58.4 Å². The maximum atomic E-state index is 12.3. The minimum Gasteiger partial charge on any atom is -0.399 e. The van der Waals surface area contributed by atoms with Gasteiger partial charge in [0.1, 0.15) is 0 Å². The van der Waals surface area contributed by atoms with Crippen LogP contribution in [-0.2, 0) is 10.0 Å². The Morgan fingerprint density at radius 2 is 1.70 bits per heavy atom.